The highest BCUT2D eigenvalue weighted by Crippen LogP contribution is 2.24. The van der Waals surface area contributed by atoms with Crippen LogP contribution in [0.3, 0.4) is 0 Å². The van der Waals surface area contributed by atoms with Crippen molar-refractivity contribution in [1.82, 2.24) is 0 Å². The predicted molar refractivity (Wildman–Crippen MR) is 77.4 cm³/mol. The number of alkyl halides is 1. The molecule has 2 aromatic carbocycles. The van der Waals surface area contributed by atoms with E-state index in [1.165, 1.54) is 0 Å². The van der Waals surface area contributed by atoms with E-state index in [0.29, 0.717) is 27.3 Å². The number of hydrogen-bond acceptors (Lipinski definition) is 2. The number of halogens is 1. The second kappa shape index (κ2) is 4.25. The van der Waals surface area contributed by atoms with Crippen LogP contribution in [0.15, 0.2) is 45.6 Å². The fraction of sp³-hybridized carbons (Fsp3) is 0.133. The van der Waals surface area contributed by atoms with Gasteiger partial charge in [0.1, 0.15) is 11.2 Å². The van der Waals surface area contributed by atoms with Crippen LogP contribution in [0.4, 0.5) is 0 Å². The molecule has 0 atom stereocenters. The van der Waals surface area contributed by atoms with Crippen molar-refractivity contribution in [3.63, 3.8) is 0 Å². The lowest BCUT2D eigenvalue weighted by Crippen LogP contribution is -2.03. The Kier molecular flexibility index (Phi) is 2.71. The van der Waals surface area contributed by atoms with Gasteiger partial charge in [0, 0.05) is 10.9 Å². The van der Waals surface area contributed by atoms with Gasteiger partial charge in [0.05, 0.1) is 10.8 Å². The molecule has 2 nitrogen and oxygen atoms in total. The van der Waals surface area contributed by atoms with Crippen molar-refractivity contribution in [2.75, 3.05) is 0 Å². The van der Waals surface area contributed by atoms with Crippen LogP contribution >= 0.6 is 15.9 Å². The first-order chi connectivity index (χ1) is 8.72. The van der Waals surface area contributed by atoms with Crippen LogP contribution < -0.4 is 5.43 Å². The monoisotopic (exact) mass is 302 g/mol. The molecule has 3 heteroatoms. The van der Waals surface area contributed by atoms with Gasteiger partial charge in [-0.05, 0) is 24.6 Å². The third-order valence-corrected chi connectivity index (χ3v) is 3.75. The zero-order chi connectivity index (χ0) is 12.7. The standard InChI is InChI=1S/C15H11BrO2/c1-9-4-2-6-11-13(17)12-7-3-5-10(8-16)15(12)18-14(9)11/h2-7H,8H2,1H3. The van der Waals surface area contributed by atoms with E-state index in [1.807, 2.05) is 43.3 Å². The molecule has 0 saturated heterocycles. The molecule has 0 aliphatic carbocycles. The second-order valence-corrected chi connectivity index (χ2v) is 4.87. The Morgan fingerprint density at radius 2 is 1.72 bits per heavy atom. The molecule has 0 spiro atoms. The van der Waals surface area contributed by atoms with Crippen molar-refractivity contribution in [3.8, 4) is 0 Å². The van der Waals surface area contributed by atoms with Gasteiger partial charge in [0.15, 0.2) is 0 Å². The number of rotatable bonds is 1. The van der Waals surface area contributed by atoms with E-state index in [9.17, 15) is 4.79 Å². The molecule has 90 valence electrons. The fourth-order valence-corrected chi connectivity index (χ4v) is 2.64. The van der Waals surface area contributed by atoms with Gasteiger partial charge >= 0.3 is 0 Å². The molecule has 0 radical (unpaired) electrons. The van der Waals surface area contributed by atoms with E-state index in [0.717, 1.165) is 11.1 Å². The molecular formula is C15H11BrO2. The first kappa shape index (κ1) is 11.5. The highest BCUT2D eigenvalue weighted by atomic mass is 79.9. The quantitative estimate of drug-likeness (QED) is 0.499. The van der Waals surface area contributed by atoms with Crippen LogP contribution in [0, 0.1) is 6.92 Å². The lowest BCUT2D eigenvalue weighted by Gasteiger charge is -2.06. The Balaban J connectivity index is 2.61. The summed E-state index contributed by atoms with van der Waals surface area (Å²) >= 11 is 3.42. The Labute approximate surface area is 112 Å². The normalized spacial score (nSPS) is 11.2. The van der Waals surface area contributed by atoms with E-state index in [2.05, 4.69) is 15.9 Å². The zero-order valence-electron chi connectivity index (χ0n) is 9.87. The van der Waals surface area contributed by atoms with Crippen LogP contribution in [0.1, 0.15) is 11.1 Å². The van der Waals surface area contributed by atoms with Crippen LogP contribution in [0.2, 0.25) is 0 Å². The summed E-state index contributed by atoms with van der Waals surface area (Å²) < 4.78 is 5.95. The molecule has 18 heavy (non-hydrogen) atoms. The van der Waals surface area contributed by atoms with Gasteiger partial charge in [-0.15, -0.1) is 0 Å². The first-order valence-corrected chi connectivity index (χ1v) is 6.84. The van der Waals surface area contributed by atoms with Crippen LogP contribution in [-0.2, 0) is 5.33 Å². The summed E-state index contributed by atoms with van der Waals surface area (Å²) in [6.07, 6.45) is 0. The van der Waals surface area contributed by atoms with Crippen molar-refractivity contribution in [2.45, 2.75) is 12.3 Å². The number of aryl methyl sites for hydroxylation is 1. The number of benzene rings is 2. The molecule has 0 bridgehead atoms. The van der Waals surface area contributed by atoms with E-state index in [-0.39, 0.29) is 5.43 Å². The molecule has 3 aromatic rings. The van der Waals surface area contributed by atoms with Gasteiger partial charge in [-0.2, -0.15) is 0 Å². The van der Waals surface area contributed by atoms with Crippen LogP contribution in [0.25, 0.3) is 21.9 Å². The fourth-order valence-electron chi connectivity index (χ4n) is 2.20. The van der Waals surface area contributed by atoms with E-state index in [4.69, 9.17) is 4.42 Å². The smallest absolute Gasteiger partial charge is 0.200 e. The largest absolute Gasteiger partial charge is 0.455 e. The molecule has 0 unspecified atom stereocenters. The third-order valence-electron chi connectivity index (χ3n) is 3.15. The summed E-state index contributed by atoms with van der Waals surface area (Å²) in [5.41, 5.74) is 3.38. The maximum absolute atomic E-state index is 12.4. The summed E-state index contributed by atoms with van der Waals surface area (Å²) in [7, 11) is 0. The first-order valence-electron chi connectivity index (χ1n) is 5.72. The molecule has 0 N–H and O–H groups in total. The summed E-state index contributed by atoms with van der Waals surface area (Å²) in [5.74, 6) is 0. The maximum atomic E-state index is 12.4. The van der Waals surface area contributed by atoms with E-state index in [1.54, 1.807) is 0 Å². The molecule has 0 fully saturated rings. The zero-order valence-corrected chi connectivity index (χ0v) is 11.5. The Hall–Kier alpha value is -1.61. The average Bonchev–Trinajstić information content (AvgIpc) is 2.40. The topological polar surface area (TPSA) is 30.2 Å². The lowest BCUT2D eigenvalue weighted by molar-refractivity contribution is 0.653. The van der Waals surface area contributed by atoms with Gasteiger partial charge in [-0.3, -0.25) is 4.79 Å². The van der Waals surface area contributed by atoms with Crippen molar-refractivity contribution < 1.29 is 4.42 Å². The van der Waals surface area contributed by atoms with Gasteiger partial charge < -0.3 is 4.42 Å². The number of fused-ring (bicyclic) bond motifs is 2. The summed E-state index contributed by atoms with van der Waals surface area (Å²) in [6, 6.07) is 11.3. The predicted octanol–water partition coefficient (Wildman–Crippen LogP) is 4.15. The minimum atomic E-state index is 0.0396. The highest BCUT2D eigenvalue weighted by molar-refractivity contribution is 9.08. The number of para-hydroxylation sites is 2. The minimum Gasteiger partial charge on any atom is -0.455 e. The molecule has 1 aromatic heterocycles. The van der Waals surface area contributed by atoms with Crippen LogP contribution in [0.5, 0.6) is 0 Å². The minimum absolute atomic E-state index is 0.0396. The Morgan fingerprint density at radius 1 is 1.06 bits per heavy atom. The lowest BCUT2D eigenvalue weighted by atomic mass is 10.1. The Morgan fingerprint density at radius 3 is 2.44 bits per heavy atom. The SMILES string of the molecule is Cc1cccc2c(=O)c3cccc(CBr)c3oc12. The van der Waals surface area contributed by atoms with Gasteiger partial charge in [-0.1, -0.05) is 40.2 Å². The maximum Gasteiger partial charge on any atom is 0.200 e. The van der Waals surface area contributed by atoms with E-state index < -0.39 is 0 Å². The van der Waals surface area contributed by atoms with Gasteiger partial charge in [0.25, 0.3) is 0 Å². The van der Waals surface area contributed by atoms with Crippen molar-refractivity contribution in [2.24, 2.45) is 0 Å². The van der Waals surface area contributed by atoms with Crippen LogP contribution in [-0.4, -0.2) is 0 Å². The van der Waals surface area contributed by atoms with Crippen molar-refractivity contribution >= 4 is 37.9 Å². The molecule has 0 aliphatic rings. The van der Waals surface area contributed by atoms with E-state index >= 15 is 0 Å². The van der Waals surface area contributed by atoms with Gasteiger partial charge in [0.2, 0.25) is 5.43 Å². The van der Waals surface area contributed by atoms with Gasteiger partial charge in [-0.25, -0.2) is 0 Å². The van der Waals surface area contributed by atoms with Crippen molar-refractivity contribution in [3.05, 3.63) is 57.7 Å². The second-order valence-electron chi connectivity index (χ2n) is 4.31. The summed E-state index contributed by atoms with van der Waals surface area (Å²) in [5, 5.41) is 1.96. The highest BCUT2D eigenvalue weighted by Gasteiger charge is 2.11. The molecule has 3 rings (SSSR count). The van der Waals surface area contributed by atoms with Crippen molar-refractivity contribution in [1.29, 1.82) is 0 Å². The molecule has 0 amide bonds. The third kappa shape index (κ3) is 1.58. The molecule has 1 heterocycles. The molecular weight excluding hydrogens is 292 g/mol. The number of hydrogen-bond donors (Lipinski definition) is 0. The Bertz CT molecular complexity index is 803. The summed E-state index contributed by atoms with van der Waals surface area (Å²) in [6.45, 7) is 1.95. The molecule has 0 saturated carbocycles. The molecule has 0 aliphatic heterocycles. The average molecular weight is 303 g/mol. The summed E-state index contributed by atoms with van der Waals surface area (Å²) in [4.78, 5) is 12.4.